The Kier molecular flexibility index (Phi) is 12.7. The van der Waals surface area contributed by atoms with E-state index in [4.69, 9.17) is 35.1 Å². The summed E-state index contributed by atoms with van der Waals surface area (Å²) in [6, 6.07) is 1.10. The van der Waals surface area contributed by atoms with E-state index in [1.807, 2.05) is 0 Å². The number of rotatable bonds is 12. The zero-order valence-electron chi connectivity index (χ0n) is 27.4. The largest absolute Gasteiger partial charge is 1.00 e. The van der Waals surface area contributed by atoms with Gasteiger partial charge in [-0.15, -0.1) is 0 Å². The molecule has 51 heavy (non-hydrogen) atoms. The van der Waals surface area contributed by atoms with Crippen molar-refractivity contribution in [2.24, 2.45) is 4.99 Å². The summed E-state index contributed by atoms with van der Waals surface area (Å²) in [7, 11) is 1.28. The number of hydrogen-bond donors (Lipinski definition) is 5. The minimum atomic E-state index is -4.35. The van der Waals surface area contributed by atoms with Gasteiger partial charge in [0.15, 0.2) is 23.2 Å². The van der Waals surface area contributed by atoms with Gasteiger partial charge in [0, 0.05) is 49.3 Å². The predicted octanol–water partition coefficient (Wildman–Crippen LogP) is -4.43. The van der Waals surface area contributed by atoms with Gasteiger partial charge in [0.2, 0.25) is 0 Å². The van der Waals surface area contributed by atoms with E-state index in [-0.39, 0.29) is 65.2 Å². The standard InChI is InChI=1S/C28H33N8O12PS.Na/c1-13-22(41)15(14(8-37)6-29-13)7-30-25-21-26(32-11-31-25)36(12-33-21)20-5-16(39)18(46-20)10-45-49(43,50)48-23-17(9-38)47-27(24(23)44-2)35-4-3-19(40)34-28(35)42;/h3-4,6-7,11-12,16-18,20,23-24,27,37-39,41H,5,8-10H2,1-2H3,(H,43,50)(H,34,40,42);/q;+1/p-1/t16?,17-,18-,20-,23?,24+,27-,49?;/m1./s1. The summed E-state index contributed by atoms with van der Waals surface area (Å²) in [4.78, 5) is 60.5. The van der Waals surface area contributed by atoms with E-state index in [9.17, 15) is 34.9 Å². The minimum absolute atomic E-state index is 0. The molecule has 20 nitrogen and oxygen atoms in total. The van der Waals surface area contributed by atoms with Crippen molar-refractivity contribution in [1.29, 1.82) is 0 Å². The zero-order valence-corrected chi connectivity index (χ0v) is 31.1. The Morgan fingerprint density at radius 2 is 1.96 bits per heavy atom. The predicted molar refractivity (Wildman–Crippen MR) is 172 cm³/mol. The Balaban J connectivity index is 0.00000504. The van der Waals surface area contributed by atoms with Gasteiger partial charge in [0.05, 0.1) is 37.9 Å². The van der Waals surface area contributed by atoms with E-state index in [0.717, 1.165) is 10.6 Å². The molecule has 0 spiro atoms. The molecule has 0 aliphatic carbocycles. The van der Waals surface area contributed by atoms with Crippen molar-refractivity contribution < 1.29 is 78.1 Å². The molecular formula is C28H32N8NaO12PS. The zero-order chi connectivity index (χ0) is 35.7. The molecule has 2 saturated heterocycles. The van der Waals surface area contributed by atoms with Gasteiger partial charge >= 0.3 is 35.2 Å². The van der Waals surface area contributed by atoms with Crippen molar-refractivity contribution in [3.63, 3.8) is 0 Å². The molecule has 0 saturated carbocycles. The van der Waals surface area contributed by atoms with Crippen LogP contribution in [0.15, 0.2) is 45.7 Å². The summed E-state index contributed by atoms with van der Waals surface area (Å²) in [6.45, 7) is -4.18. The van der Waals surface area contributed by atoms with Crippen LogP contribution >= 0.6 is 6.72 Å². The Morgan fingerprint density at radius 3 is 2.67 bits per heavy atom. The van der Waals surface area contributed by atoms with E-state index in [2.05, 4.69) is 29.9 Å². The second-order valence-electron chi connectivity index (χ2n) is 11.3. The van der Waals surface area contributed by atoms with Gasteiger partial charge in [-0.2, -0.15) is 0 Å². The van der Waals surface area contributed by atoms with Gasteiger partial charge < -0.3 is 48.6 Å². The molecule has 0 amide bonds. The summed E-state index contributed by atoms with van der Waals surface area (Å²) in [5.74, 6) is 0.0233. The van der Waals surface area contributed by atoms with Crippen LogP contribution in [-0.4, -0.2) is 112 Å². The molecule has 0 bridgehead atoms. The summed E-state index contributed by atoms with van der Waals surface area (Å²) < 4.78 is 30.8. The number of nitrogens with zero attached hydrogens (tertiary/aromatic N) is 7. The maximum absolute atomic E-state index is 13.3. The Labute approximate surface area is 315 Å². The third-order valence-electron chi connectivity index (χ3n) is 8.21. The molecule has 8 atom stereocenters. The van der Waals surface area contributed by atoms with E-state index < -0.39 is 74.2 Å². The summed E-state index contributed by atoms with van der Waals surface area (Å²) in [6.07, 6.45) is -0.848. The molecule has 4 aromatic rings. The van der Waals surface area contributed by atoms with E-state index in [1.165, 1.54) is 38.4 Å². The number of aromatic hydroxyl groups is 1. The number of hydrogen-bond acceptors (Lipinski definition) is 18. The maximum Gasteiger partial charge on any atom is 1.00 e. The number of fused-ring (bicyclic) bond motifs is 1. The normalized spacial score (nSPS) is 26.1. The van der Waals surface area contributed by atoms with Gasteiger partial charge in [0.1, 0.15) is 49.4 Å². The van der Waals surface area contributed by atoms with Crippen LogP contribution in [0.5, 0.6) is 5.75 Å². The first-order valence-electron chi connectivity index (χ1n) is 15.0. The van der Waals surface area contributed by atoms with Gasteiger partial charge in [-0.05, 0) is 6.92 Å². The van der Waals surface area contributed by atoms with Crippen molar-refractivity contribution in [3.8, 4) is 5.75 Å². The van der Waals surface area contributed by atoms with Gasteiger partial charge in [-0.3, -0.25) is 23.9 Å². The second-order valence-corrected chi connectivity index (χ2v) is 14.0. The number of aliphatic hydroxyl groups excluding tert-OH is 3. The monoisotopic (exact) mass is 758 g/mol. The second kappa shape index (κ2) is 16.4. The van der Waals surface area contributed by atoms with Crippen molar-refractivity contribution in [1.82, 2.24) is 34.1 Å². The van der Waals surface area contributed by atoms with E-state index in [0.29, 0.717) is 16.9 Å². The number of aromatic amines is 1. The molecular weight excluding hydrogens is 726 g/mol. The summed E-state index contributed by atoms with van der Waals surface area (Å²) >= 11 is 5.12. The molecule has 268 valence electrons. The fourth-order valence-electron chi connectivity index (χ4n) is 5.66. The minimum Gasteiger partial charge on any atom is -0.780 e. The quantitative estimate of drug-likeness (QED) is 0.0518. The number of aryl methyl sites for hydroxylation is 1. The molecule has 0 radical (unpaired) electrons. The number of methoxy groups -OCH3 is 1. The SMILES string of the molecule is CO[C@H]1C(OP([O-])(=S)OC[C@H]2O[C@@H](n3cnc4c(N=Cc5c(CO)cnc(C)c5O)ncnc43)CC2O)[C@@H](CO)O[C@H]1n1ccc(=O)[nH]c1=O.[Na+]. The van der Waals surface area contributed by atoms with Crippen LogP contribution in [0.2, 0.25) is 0 Å². The number of aliphatic imine (C=N–C) groups is 1. The first kappa shape index (κ1) is 39.3. The maximum atomic E-state index is 13.3. The number of aliphatic hydroxyl groups is 3. The Morgan fingerprint density at radius 1 is 1.18 bits per heavy atom. The van der Waals surface area contributed by atoms with Crippen molar-refractivity contribution in [2.75, 3.05) is 20.3 Å². The molecule has 2 fully saturated rings. The van der Waals surface area contributed by atoms with Crippen LogP contribution in [0.4, 0.5) is 5.82 Å². The summed E-state index contributed by atoms with van der Waals surface area (Å²) in [5.41, 5.74) is 0.149. The van der Waals surface area contributed by atoms with Gasteiger partial charge in [0.25, 0.3) is 5.56 Å². The van der Waals surface area contributed by atoms with Crippen molar-refractivity contribution >= 4 is 41.7 Å². The fourth-order valence-corrected chi connectivity index (χ4v) is 7.08. The average molecular weight is 759 g/mol. The van der Waals surface area contributed by atoms with Crippen LogP contribution < -0.4 is 45.7 Å². The molecule has 0 aromatic carbocycles. The number of nitrogens with one attached hydrogen (secondary N) is 1. The van der Waals surface area contributed by atoms with Crippen LogP contribution in [0, 0.1) is 6.92 Å². The topological polar surface area (TPSA) is 274 Å². The van der Waals surface area contributed by atoms with E-state index >= 15 is 0 Å². The number of ether oxygens (including phenoxy) is 3. The van der Waals surface area contributed by atoms with Crippen LogP contribution in [0.1, 0.15) is 35.7 Å². The smallest absolute Gasteiger partial charge is 0.780 e. The van der Waals surface area contributed by atoms with Gasteiger partial charge in [-0.25, -0.2) is 24.7 Å². The van der Waals surface area contributed by atoms with E-state index in [1.54, 1.807) is 11.5 Å². The Hall–Kier alpha value is -2.86. The fraction of sp³-hybridized carbons (Fsp3) is 0.464. The molecule has 6 rings (SSSR count). The molecule has 6 heterocycles. The number of H-pyrrole nitrogens is 1. The molecule has 3 unspecified atom stereocenters. The van der Waals surface area contributed by atoms with Crippen molar-refractivity contribution in [2.45, 2.75) is 62.9 Å². The number of aromatic nitrogens is 7. The Bertz CT molecular complexity index is 2070. The van der Waals surface area contributed by atoms with Crippen molar-refractivity contribution in [3.05, 3.63) is 68.8 Å². The van der Waals surface area contributed by atoms with Crippen LogP contribution in [0.3, 0.4) is 0 Å². The van der Waals surface area contributed by atoms with Crippen LogP contribution in [0.25, 0.3) is 11.2 Å². The number of imidazole rings is 1. The van der Waals surface area contributed by atoms with Crippen LogP contribution in [-0.2, 0) is 41.7 Å². The summed E-state index contributed by atoms with van der Waals surface area (Å²) in [5, 5.41) is 40.8. The molecule has 2 aliphatic rings. The van der Waals surface area contributed by atoms with Gasteiger partial charge in [-0.1, -0.05) is 11.8 Å². The first-order valence-corrected chi connectivity index (χ1v) is 17.6. The number of pyridine rings is 1. The third kappa shape index (κ3) is 8.21. The first-order chi connectivity index (χ1) is 23.9. The average Bonchev–Trinajstić information content (AvgIpc) is 3.79. The molecule has 5 N–H and O–H groups in total. The molecule has 2 aliphatic heterocycles. The molecule has 23 heteroatoms. The molecule has 4 aromatic heterocycles. The third-order valence-corrected chi connectivity index (χ3v) is 9.75.